The number of amides is 1. The van der Waals surface area contributed by atoms with Crippen LogP contribution in [0.1, 0.15) is 16.9 Å². The number of furan rings is 1. The topological polar surface area (TPSA) is 66.0 Å². The highest BCUT2D eigenvalue weighted by Crippen LogP contribution is 2.25. The second-order valence-corrected chi connectivity index (χ2v) is 6.55. The lowest BCUT2D eigenvalue weighted by Gasteiger charge is -2.08. The number of halogens is 2. The van der Waals surface area contributed by atoms with E-state index in [0.717, 1.165) is 15.6 Å². The lowest BCUT2D eigenvalue weighted by molar-refractivity contribution is -0.112. The average Bonchev–Trinajstić information content (AvgIpc) is 2.77. The standard InChI is InChI=1S/C16H12BrIN2O2/c1-9-3-4-14(10(2)5-9)20-16(21)11(8-19)6-12-7-13(17)15(18)22-12/h3-7H,1-2H3,(H,20,21)/b11-6-. The van der Waals surface area contributed by atoms with Gasteiger partial charge in [0.25, 0.3) is 5.91 Å². The fourth-order valence-corrected chi connectivity index (χ4v) is 2.59. The number of carbonyl (C=O) groups excluding carboxylic acids is 1. The third kappa shape index (κ3) is 3.99. The molecular formula is C16H12BrIN2O2. The third-order valence-corrected chi connectivity index (χ3v) is 5.08. The van der Waals surface area contributed by atoms with Crippen LogP contribution in [0.5, 0.6) is 0 Å². The predicted molar refractivity (Wildman–Crippen MR) is 97.3 cm³/mol. The molecule has 4 nitrogen and oxygen atoms in total. The van der Waals surface area contributed by atoms with Crippen molar-refractivity contribution in [1.29, 1.82) is 5.26 Å². The van der Waals surface area contributed by atoms with Crippen LogP contribution in [0.15, 0.2) is 38.7 Å². The molecule has 1 heterocycles. The first-order chi connectivity index (χ1) is 10.4. The van der Waals surface area contributed by atoms with E-state index in [-0.39, 0.29) is 5.57 Å². The van der Waals surface area contributed by atoms with E-state index in [4.69, 9.17) is 4.42 Å². The van der Waals surface area contributed by atoms with Gasteiger partial charge in [-0.3, -0.25) is 4.79 Å². The molecule has 2 rings (SSSR count). The predicted octanol–water partition coefficient (Wildman–Crippen LogP) is 4.81. The molecule has 1 aromatic heterocycles. The largest absolute Gasteiger partial charge is 0.450 e. The minimum absolute atomic E-state index is 0.0161. The summed E-state index contributed by atoms with van der Waals surface area (Å²) < 4.78 is 6.87. The van der Waals surface area contributed by atoms with Crippen LogP contribution in [0.2, 0.25) is 0 Å². The molecule has 0 saturated carbocycles. The Morgan fingerprint density at radius 3 is 2.68 bits per heavy atom. The van der Waals surface area contributed by atoms with E-state index in [9.17, 15) is 10.1 Å². The minimum Gasteiger partial charge on any atom is -0.450 e. The number of benzene rings is 1. The second-order valence-electron chi connectivity index (χ2n) is 4.71. The quantitative estimate of drug-likeness (QED) is 0.397. The highest BCUT2D eigenvalue weighted by atomic mass is 127. The van der Waals surface area contributed by atoms with E-state index >= 15 is 0 Å². The molecule has 0 atom stereocenters. The van der Waals surface area contributed by atoms with Crippen molar-refractivity contribution in [2.45, 2.75) is 13.8 Å². The average molecular weight is 471 g/mol. The number of aryl methyl sites for hydroxylation is 2. The van der Waals surface area contributed by atoms with Crippen molar-refractivity contribution in [2.24, 2.45) is 0 Å². The number of anilines is 1. The SMILES string of the molecule is Cc1ccc(NC(=O)/C(C#N)=C\c2cc(Br)c(I)o2)c(C)c1. The Hall–Kier alpha value is -1.59. The third-order valence-electron chi connectivity index (χ3n) is 2.95. The van der Waals surface area contributed by atoms with Crippen LogP contribution in [-0.4, -0.2) is 5.91 Å². The van der Waals surface area contributed by atoms with E-state index in [1.165, 1.54) is 6.08 Å². The molecule has 0 fully saturated rings. The Morgan fingerprint density at radius 1 is 1.41 bits per heavy atom. The molecule has 2 aromatic rings. The van der Waals surface area contributed by atoms with E-state index in [1.54, 1.807) is 6.07 Å². The number of nitrogens with zero attached hydrogens (tertiary/aromatic N) is 1. The summed E-state index contributed by atoms with van der Waals surface area (Å²) in [7, 11) is 0. The summed E-state index contributed by atoms with van der Waals surface area (Å²) in [6.45, 7) is 3.89. The number of hydrogen-bond donors (Lipinski definition) is 1. The van der Waals surface area contributed by atoms with E-state index in [1.807, 2.05) is 60.7 Å². The zero-order valence-electron chi connectivity index (χ0n) is 11.9. The van der Waals surface area contributed by atoms with Gasteiger partial charge in [-0.05, 0) is 47.5 Å². The number of hydrogen-bond acceptors (Lipinski definition) is 3. The van der Waals surface area contributed by atoms with Crippen molar-refractivity contribution in [2.75, 3.05) is 5.32 Å². The van der Waals surface area contributed by atoms with Crippen molar-refractivity contribution in [3.63, 3.8) is 0 Å². The van der Waals surface area contributed by atoms with E-state index in [0.29, 0.717) is 15.2 Å². The summed E-state index contributed by atoms with van der Waals surface area (Å²) in [5.74, 6) is -0.0133. The maximum Gasteiger partial charge on any atom is 0.266 e. The first kappa shape index (κ1) is 16.8. The van der Waals surface area contributed by atoms with Crippen molar-refractivity contribution < 1.29 is 9.21 Å². The van der Waals surface area contributed by atoms with Crippen molar-refractivity contribution in [3.05, 3.63) is 55.0 Å². The molecule has 0 radical (unpaired) electrons. The number of carbonyl (C=O) groups is 1. The van der Waals surface area contributed by atoms with Crippen LogP contribution in [0.25, 0.3) is 6.08 Å². The monoisotopic (exact) mass is 470 g/mol. The zero-order chi connectivity index (χ0) is 16.3. The van der Waals surface area contributed by atoms with Gasteiger partial charge in [-0.25, -0.2) is 0 Å². The van der Waals surface area contributed by atoms with Gasteiger partial charge in [-0.1, -0.05) is 17.7 Å². The van der Waals surface area contributed by atoms with Gasteiger partial charge in [0.15, 0.2) is 3.77 Å². The summed E-state index contributed by atoms with van der Waals surface area (Å²) in [6.07, 6.45) is 1.42. The number of nitriles is 1. The minimum atomic E-state index is -0.461. The summed E-state index contributed by atoms with van der Waals surface area (Å²) in [4.78, 5) is 12.2. The molecule has 0 aliphatic heterocycles. The van der Waals surface area contributed by atoms with E-state index < -0.39 is 5.91 Å². The van der Waals surface area contributed by atoms with E-state index in [2.05, 4.69) is 21.2 Å². The Kier molecular flexibility index (Phi) is 5.42. The molecule has 0 unspecified atom stereocenters. The zero-order valence-corrected chi connectivity index (χ0v) is 15.6. The molecule has 1 aromatic carbocycles. The summed E-state index contributed by atoms with van der Waals surface area (Å²) >= 11 is 5.34. The number of nitrogens with one attached hydrogen (secondary N) is 1. The van der Waals surface area contributed by atoms with Crippen LogP contribution in [0, 0.1) is 28.9 Å². The molecule has 0 aliphatic carbocycles. The van der Waals surface area contributed by atoms with Gasteiger partial charge < -0.3 is 9.73 Å². The van der Waals surface area contributed by atoms with Crippen LogP contribution in [0.4, 0.5) is 5.69 Å². The van der Waals surface area contributed by atoms with Gasteiger partial charge >= 0.3 is 0 Å². The fourth-order valence-electron chi connectivity index (χ4n) is 1.87. The van der Waals surface area contributed by atoms with Gasteiger partial charge in [-0.2, -0.15) is 5.26 Å². The van der Waals surface area contributed by atoms with Gasteiger partial charge in [-0.15, -0.1) is 0 Å². The molecule has 112 valence electrons. The van der Waals surface area contributed by atoms with Crippen LogP contribution < -0.4 is 5.32 Å². The molecule has 6 heteroatoms. The van der Waals surface area contributed by atoms with Crippen molar-refractivity contribution in [1.82, 2.24) is 0 Å². The van der Waals surface area contributed by atoms with Gasteiger partial charge in [0, 0.05) is 34.4 Å². The molecule has 1 N–H and O–H groups in total. The molecule has 0 saturated heterocycles. The summed E-state index contributed by atoms with van der Waals surface area (Å²) in [5, 5.41) is 11.9. The van der Waals surface area contributed by atoms with Crippen molar-refractivity contribution >= 4 is 56.2 Å². The first-order valence-electron chi connectivity index (χ1n) is 6.36. The lowest BCUT2D eigenvalue weighted by atomic mass is 10.1. The fraction of sp³-hybridized carbons (Fsp3) is 0.125. The van der Waals surface area contributed by atoms with Crippen LogP contribution >= 0.6 is 38.5 Å². The van der Waals surface area contributed by atoms with Gasteiger partial charge in [0.05, 0.1) is 4.47 Å². The Morgan fingerprint density at radius 2 is 2.14 bits per heavy atom. The molecule has 1 amide bonds. The maximum absolute atomic E-state index is 12.2. The van der Waals surface area contributed by atoms with Crippen LogP contribution in [0.3, 0.4) is 0 Å². The maximum atomic E-state index is 12.2. The van der Waals surface area contributed by atoms with Crippen LogP contribution in [-0.2, 0) is 4.79 Å². The molecule has 22 heavy (non-hydrogen) atoms. The Labute approximate surface area is 150 Å². The van der Waals surface area contributed by atoms with Gasteiger partial charge in [0.1, 0.15) is 17.4 Å². The van der Waals surface area contributed by atoms with Crippen molar-refractivity contribution in [3.8, 4) is 6.07 Å². The highest BCUT2D eigenvalue weighted by molar-refractivity contribution is 14.1. The smallest absolute Gasteiger partial charge is 0.266 e. The number of rotatable bonds is 3. The Bertz CT molecular complexity index is 783. The first-order valence-corrected chi connectivity index (χ1v) is 8.23. The second kappa shape index (κ2) is 7.11. The molecular weight excluding hydrogens is 459 g/mol. The normalized spacial score (nSPS) is 11.1. The molecule has 0 spiro atoms. The Balaban J connectivity index is 2.24. The summed E-state index contributed by atoms with van der Waals surface area (Å²) in [6, 6.07) is 9.31. The summed E-state index contributed by atoms with van der Waals surface area (Å²) in [5.41, 5.74) is 2.73. The molecule has 0 aliphatic rings. The van der Waals surface area contributed by atoms with Gasteiger partial charge in [0.2, 0.25) is 0 Å². The lowest BCUT2D eigenvalue weighted by Crippen LogP contribution is -2.14. The highest BCUT2D eigenvalue weighted by Gasteiger charge is 2.13. The molecule has 0 bridgehead atoms.